The summed E-state index contributed by atoms with van der Waals surface area (Å²) in [5.74, 6) is -0.655. The smallest absolute Gasteiger partial charge is 0.349 e. The van der Waals surface area contributed by atoms with Crippen molar-refractivity contribution in [2.75, 3.05) is 25.6 Å². The number of carbonyl (C=O) groups excluding carboxylic acids is 2. The van der Waals surface area contributed by atoms with Crippen molar-refractivity contribution in [2.24, 2.45) is 5.92 Å². The molecule has 0 bridgehead atoms. The van der Waals surface area contributed by atoms with Gasteiger partial charge in [-0.3, -0.25) is 0 Å². The molecule has 0 saturated heterocycles. The number of ether oxygens (including phenoxy) is 2. The third-order valence-electron chi connectivity index (χ3n) is 6.40. The number of para-hydroxylation sites is 1. The number of rotatable bonds is 13. The molecule has 0 aliphatic rings. The van der Waals surface area contributed by atoms with Crippen LogP contribution in [0.1, 0.15) is 67.4 Å². The second-order valence-corrected chi connectivity index (χ2v) is 9.41. The number of nitriles is 1. The van der Waals surface area contributed by atoms with Crippen LogP contribution >= 0.6 is 0 Å². The van der Waals surface area contributed by atoms with Crippen molar-refractivity contribution in [2.45, 2.75) is 46.0 Å². The molecular weight excluding hydrogens is 516 g/mol. The van der Waals surface area contributed by atoms with Crippen molar-refractivity contribution < 1.29 is 24.2 Å². The van der Waals surface area contributed by atoms with Gasteiger partial charge >= 0.3 is 11.9 Å². The maximum Gasteiger partial charge on any atom is 0.349 e. The van der Waals surface area contributed by atoms with Crippen molar-refractivity contribution in [3.8, 4) is 6.07 Å². The molecule has 216 valence electrons. The molecule has 0 saturated carbocycles. The molecule has 0 aromatic heterocycles. The zero-order valence-electron chi connectivity index (χ0n) is 23.9. The minimum Gasteiger partial charge on any atom is -0.462 e. The van der Waals surface area contributed by atoms with Crippen LogP contribution in [0, 0.1) is 17.2 Å². The second kappa shape index (κ2) is 18.8. The zero-order chi connectivity index (χ0) is 29.9. The Kier molecular flexibility index (Phi) is 15.0. The summed E-state index contributed by atoms with van der Waals surface area (Å²) in [5, 5.41) is 18.2. The number of anilines is 1. The average Bonchev–Trinajstić information content (AvgIpc) is 3.01. The quantitative estimate of drug-likeness (QED) is 0.0801. The molecule has 0 aliphatic heterocycles. The summed E-state index contributed by atoms with van der Waals surface area (Å²) in [6.45, 7) is 4.84. The van der Waals surface area contributed by atoms with Crippen molar-refractivity contribution in [3.05, 3.63) is 107 Å². The van der Waals surface area contributed by atoms with Gasteiger partial charge in [-0.25, -0.2) is 9.59 Å². The van der Waals surface area contributed by atoms with Crippen LogP contribution in [0.3, 0.4) is 0 Å². The third-order valence-corrected chi connectivity index (χ3v) is 6.40. The molecule has 3 N–H and O–H groups in total. The number of benzene rings is 3. The van der Waals surface area contributed by atoms with Crippen molar-refractivity contribution >= 4 is 23.2 Å². The first kappa shape index (κ1) is 32.8. The van der Waals surface area contributed by atoms with Gasteiger partial charge in [0.05, 0.1) is 18.8 Å². The molecule has 7 heteroatoms. The fraction of sp³-hybridized carbons (Fsp3) is 0.324. The summed E-state index contributed by atoms with van der Waals surface area (Å²) in [7, 11) is 0. The lowest BCUT2D eigenvalue weighted by Crippen LogP contribution is -2.16. The molecule has 0 fully saturated rings. The number of unbranched alkanes of at least 4 members (excludes halogenated alkanes) is 1. The molecule has 0 aliphatic carbocycles. The van der Waals surface area contributed by atoms with E-state index in [2.05, 4.69) is 19.9 Å². The van der Waals surface area contributed by atoms with E-state index in [-0.39, 0.29) is 18.8 Å². The van der Waals surface area contributed by atoms with E-state index in [4.69, 9.17) is 20.3 Å². The van der Waals surface area contributed by atoms with Crippen LogP contribution in [0.5, 0.6) is 0 Å². The topological polar surface area (TPSA) is 123 Å². The Morgan fingerprint density at radius 1 is 0.878 bits per heavy atom. The molecule has 0 spiro atoms. The highest BCUT2D eigenvalue weighted by Crippen LogP contribution is 2.27. The van der Waals surface area contributed by atoms with Crippen LogP contribution in [0.25, 0.3) is 5.57 Å². The fourth-order valence-electron chi connectivity index (χ4n) is 4.02. The summed E-state index contributed by atoms with van der Waals surface area (Å²) in [5.41, 5.74) is 8.67. The van der Waals surface area contributed by atoms with Gasteiger partial charge in [0.1, 0.15) is 11.6 Å². The zero-order valence-corrected chi connectivity index (χ0v) is 23.9. The van der Waals surface area contributed by atoms with Gasteiger partial charge in [-0.2, -0.15) is 5.26 Å². The van der Waals surface area contributed by atoms with Crippen molar-refractivity contribution in [1.29, 1.82) is 5.26 Å². The highest BCUT2D eigenvalue weighted by molar-refractivity contribution is 6.05. The first-order valence-electron chi connectivity index (χ1n) is 14.0. The number of aliphatic hydroxyl groups is 1. The maximum atomic E-state index is 12.8. The summed E-state index contributed by atoms with van der Waals surface area (Å²) < 4.78 is 10.4. The van der Waals surface area contributed by atoms with Crippen LogP contribution in [-0.2, 0) is 14.3 Å². The third kappa shape index (κ3) is 10.9. The number of nitrogens with zero attached hydrogens (tertiary/aromatic N) is 1. The Hall–Kier alpha value is -4.41. The summed E-state index contributed by atoms with van der Waals surface area (Å²) in [4.78, 5) is 24.1. The number of aliphatic hydroxyl groups excluding tert-OH is 1. The molecule has 3 aromatic rings. The number of nitrogens with two attached hydrogens (primary N) is 1. The van der Waals surface area contributed by atoms with Crippen LogP contribution in [0.4, 0.5) is 5.69 Å². The number of nitrogen functional groups attached to an aromatic ring is 1. The van der Waals surface area contributed by atoms with Gasteiger partial charge in [-0.1, -0.05) is 106 Å². The monoisotopic (exact) mass is 556 g/mol. The molecule has 41 heavy (non-hydrogen) atoms. The van der Waals surface area contributed by atoms with Gasteiger partial charge in [0.25, 0.3) is 0 Å². The van der Waals surface area contributed by atoms with E-state index in [9.17, 15) is 14.9 Å². The van der Waals surface area contributed by atoms with Crippen LogP contribution in [-0.4, -0.2) is 36.9 Å². The van der Waals surface area contributed by atoms with Crippen LogP contribution in [0.2, 0.25) is 0 Å². The van der Waals surface area contributed by atoms with E-state index in [0.717, 1.165) is 36.8 Å². The van der Waals surface area contributed by atoms with Crippen LogP contribution < -0.4 is 5.73 Å². The summed E-state index contributed by atoms with van der Waals surface area (Å²) in [6.07, 6.45) is 4.69. The first-order chi connectivity index (χ1) is 20.0. The highest BCUT2D eigenvalue weighted by Gasteiger charge is 2.21. The van der Waals surface area contributed by atoms with Gasteiger partial charge in [0, 0.05) is 24.3 Å². The SMILES string of the molecule is CCCCC(CC)COC(=O)C(C#N)=C(c1ccccc1)c1ccccc1.Nc1ccccc1C(=O)OCCCO. The van der Waals surface area contributed by atoms with E-state index >= 15 is 0 Å². The highest BCUT2D eigenvalue weighted by atomic mass is 16.5. The fourth-order valence-corrected chi connectivity index (χ4v) is 4.02. The van der Waals surface area contributed by atoms with Gasteiger partial charge in [0.15, 0.2) is 0 Å². The summed E-state index contributed by atoms with van der Waals surface area (Å²) in [6, 6.07) is 27.9. The van der Waals surface area contributed by atoms with Gasteiger partial charge in [0.2, 0.25) is 0 Å². The first-order valence-corrected chi connectivity index (χ1v) is 14.0. The normalized spacial score (nSPS) is 10.8. The Labute approximate surface area is 243 Å². The lowest BCUT2D eigenvalue weighted by atomic mass is 9.93. The van der Waals surface area contributed by atoms with Crippen molar-refractivity contribution in [1.82, 2.24) is 0 Å². The van der Waals surface area contributed by atoms with E-state index in [1.807, 2.05) is 60.7 Å². The minimum atomic E-state index is -0.546. The molecule has 0 radical (unpaired) electrons. The lowest BCUT2D eigenvalue weighted by Gasteiger charge is -2.16. The second-order valence-electron chi connectivity index (χ2n) is 9.41. The molecule has 7 nitrogen and oxygen atoms in total. The largest absolute Gasteiger partial charge is 0.462 e. The predicted molar refractivity (Wildman–Crippen MR) is 162 cm³/mol. The molecule has 3 rings (SSSR count). The summed E-state index contributed by atoms with van der Waals surface area (Å²) >= 11 is 0. The maximum absolute atomic E-state index is 12.8. The van der Waals surface area contributed by atoms with E-state index in [1.165, 1.54) is 0 Å². The van der Waals surface area contributed by atoms with Gasteiger partial charge in [-0.15, -0.1) is 0 Å². The van der Waals surface area contributed by atoms with Gasteiger partial charge < -0.3 is 20.3 Å². The van der Waals surface area contributed by atoms with Gasteiger partial charge in [-0.05, 0) is 35.6 Å². The Balaban J connectivity index is 0.000000353. The Bertz CT molecular complexity index is 1240. The lowest BCUT2D eigenvalue weighted by molar-refractivity contribution is -0.139. The number of hydrogen-bond acceptors (Lipinski definition) is 7. The molecular formula is C34H40N2O5. The average molecular weight is 557 g/mol. The minimum absolute atomic E-state index is 0.0115. The van der Waals surface area contributed by atoms with E-state index < -0.39 is 11.9 Å². The van der Waals surface area contributed by atoms with Crippen molar-refractivity contribution in [3.63, 3.8) is 0 Å². The molecule has 0 heterocycles. The standard InChI is InChI=1S/C24H27NO2.C10H13NO3/c1-3-5-12-19(4-2)18-27-24(26)22(17-25)23(20-13-8-6-9-14-20)21-15-10-7-11-16-21;11-9-5-2-1-4-8(9)10(13)14-7-3-6-12/h6-11,13-16,19H,3-5,12,18H2,1-2H3;1-2,4-5,12H,3,6-7,11H2. The Morgan fingerprint density at radius 3 is 1.98 bits per heavy atom. The molecule has 0 amide bonds. The number of hydrogen-bond donors (Lipinski definition) is 2. The molecule has 1 atom stereocenters. The number of carbonyl (C=O) groups is 2. The molecule has 3 aromatic carbocycles. The van der Waals surface area contributed by atoms with E-state index in [1.54, 1.807) is 24.3 Å². The Morgan fingerprint density at radius 2 is 1.46 bits per heavy atom. The number of esters is 2. The van der Waals surface area contributed by atoms with E-state index in [0.29, 0.717) is 35.8 Å². The molecule has 1 unspecified atom stereocenters. The van der Waals surface area contributed by atoms with Crippen LogP contribution in [0.15, 0.2) is 90.5 Å². The predicted octanol–water partition coefficient (Wildman–Crippen LogP) is 6.58.